The Morgan fingerprint density at radius 2 is 1.60 bits per heavy atom. The first kappa shape index (κ1) is 41.7. The monoisotopic (exact) mass is 764 g/mol. The molecule has 2 saturated heterocycles. The van der Waals surface area contributed by atoms with Crippen LogP contribution in [0.5, 0.6) is 5.75 Å². The molecule has 294 valence electrons. The number of hydrogen-bond donors (Lipinski definition) is 0. The van der Waals surface area contributed by atoms with Crippen molar-refractivity contribution in [2.75, 3.05) is 0 Å². The lowest BCUT2D eigenvalue weighted by molar-refractivity contribution is -0.173. The molecular formula is C44H68O7Si2. The molecule has 5 rings (SSSR count). The minimum atomic E-state index is -2.24. The molecule has 9 heteroatoms. The molecule has 0 saturated carbocycles. The molecule has 0 radical (unpaired) electrons. The van der Waals surface area contributed by atoms with Crippen LogP contribution in [-0.4, -0.2) is 46.5 Å². The van der Waals surface area contributed by atoms with Gasteiger partial charge in [-0.15, -0.1) is 0 Å². The SMILES string of the molecule is CCC[C@H](c1coc2c(CO[Si](C)(C)C(C)(C)C)c(OCc3ccccc3)c(CC(C)C)cc12)C1CC(O[Si](C)(C)C(C)(C)C)[C@@]2(O[C@@H]2CC)C(=O)O1. The molecule has 1 aromatic heterocycles. The van der Waals surface area contributed by atoms with Crippen molar-refractivity contribution in [1.82, 2.24) is 0 Å². The zero-order valence-corrected chi connectivity index (χ0v) is 37.2. The van der Waals surface area contributed by atoms with Crippen LogP contribution in [0.4, 0.5) is 0 Å². The molecule has 7 nitrogen and oxygen atoms in total. The van der Waals surface area contributed by atoms with E-state index in [1.54, 1.807) is 0 Å². The van der Waals surface area contributed by atoms with Crippen LogP contribution in [0.3, 0.4) is 0 Å². The minimum Gasteiger partial charge on any atom is -0.488 e. The minimum absolute atomic E-state index is 0.0127. The van der Waals surface area contributed by atoms with Crippen LogP contribution in [0.25, 0.3) is 11.0 Å². The second-order valence-corrected chi connectivity index (χ2v) is 28.6. The maximum absolute atomic E-state index is 14.1. The summed E-state index contributed by atoms with van der Waals surface area (Å²) in [5, 5.41) is 1.08. The van der Waals surface area contributed by atoms with Crippen LogP contribution >= 0.6 is 0 Å². The largest absolute Gasteiger partial charge is 0.488 e. The number of ether oxygens (including phenoxy) is 3. The van der Waals surface area contributed by atoms with Gasteiger partial charge in [-0.2, -0.15) is 0 Å². The van der Waals surface area contributed by atoms with Gasteiger partial charge in [0.05, 0.1) is 24.5 Å². The lowest BCUT2D eigenvalue weighted by Gasteiger charge is -2.44. The number of furan rings is 1. The average Bonchev–Trinajstić information content (AvgIpc) is 3.66. The van der Waals surface area contributed by atoms with Crippen molar-refractivity contribution < 1.29 is 32.3 Å². The Kier molecular flexibility index (Phi) is 12.3. The first-order valence-electron chi connectivity index (χ1n) is 20.1. The van der Waals surface area contributed by atoms with Gasteiger partial charge >= 0.3 is 5.97 Å². The normalized spacial score (nSPS) is 23.2. The lowest BCUT2D eigenvalue weighted by Crippen LogP contribution is -2.57. The number of benzene rings is 2. The quantitative estimate of drug-likeness (QED) is 0.0866. The molecule has 3 aromatic rings. The number of fused-ring (bicyclic) bond motifs is 1. The summed E-state index contributed by atoms with van der Waals surface area (Å²) in [5.74, 6) is 0.895. The lowest BCUT2D eigenvalue weighted by atomic mass is 9.81. The zero-order valence-electron chi connectivity index (χ0n) is 35.2. The van der Waals surface area contributed by atoms with Crippen molar-refractivity contribution >= 4 is 33.6 Å². The maximum atomic E-state index is 14.1. The highest BCUT2D eigenvalue weighted by molar-refractivity contribution is 6.74. The van der Waals surface area contributed by atoms with E-state index in [1.807, 2.05) is 24.5 Å². The summed E-state index contributed by atoms with van der Waals surface area (Å²) >= 11 is 0. The second-order valence-electron chi connectivity index (χ2n) is 19.1. The summed E-state index contributed by atoms with van der Waals surface area (Å²) in [4.78, 5) is 14.1. The van der Waals surface area contributed by atoms with E-state index >= 15 is 0 Å². The number of rotatable bonds is 15. The highest BCUT2D eigenvalue weighted by atomic mass is 28.4. The van der Waals surface area contributed by atoms with E-state index in [-0.39, 0.29) is 40.3 Å². The molecule has 2 fully saturated rings. The Morgan fingerprint density at radius 1 is 0.943 bits per heavy atom. The van der Waals surface area contributed by atoms with Crippen molar-refractivity contribution in [3.63, 3.8) is 0 Å². The molecule has 5 atom stereocenters. The average molecular weight is 765 g/mol. The predicted molar refractivity (Wildman–Crippen MR) is 220 cm³/mol. The Morgan fingerprint density at radius 3 is 2.17 bits per heavy atom. The third-order valence-electron chi connectivity index (χ3n) is 12.6. The molecule has 2 aromatic carbocycles. The fourth-order valence-corrected chi connectivity index (χ4v) is 9.58. The first-order chi connectivity index (χ1) is 24.7. The standard InChI is InChI=1S/C44H68O7Si2/c1-15-20-32(36-25-38(51-53(13,14)43(8,9)10)44(41(45)49-36)37(16-2)50-44)34-27-47-40-33(34)24-31(23-29(3)4)39(46-26-30-21-18-17-19-22-30)35(40)28-48-52(11,12)42(5,6)7/h17-19,21-22,24,27,29,32,36-38H,15-16,20,23,25-26,28H2,1-14H3/t32-,36?,37-,38?,44-/m1/s1. The third-order valence-corrected chi connectivity index (χ3v) is 21.5. The summed E-state index contributed by atoms with van der Waals surface area (Å²) < 4.78 is 40.1. The molecule has 0 N–H and O–H groups in total. The van der Waals surface area contributed by atoms with Crippen molar-refractivity contribution in [2.24, 2.45) is 5.92 Å². The summed E-state index contributed by atoms with van der Waals surface area (Å²) in [5.41, 5.74) is 4.05. The number of cyclic esters (lactones) is 1. The second kappa shape index (κ2) is 15.6. The van der Waals surface area contributed by atoms with Gasteiger partial charge in [0.1, 0.15) is 30.1 Å². The Balaban J connectivity index is 1.61. The van der Waals surface area contributed by atoms with E-state index in [9.17, 15) is 4.79 Å². The zero-order chi connectivity index (χ0) is 39.1. The van der Waals surface area contributed by atoms with Crippen molar-refractivity contribution in [2.45, 2.75) is 181 Å². The van der Waals surface area contributed by atoms with Crippen LogP contribution in [0.15, 0.2) is 47.1 Å². The fourth-order valence-electron chi connectivity index (χ4n) is 7.30. The van der Waals surface area contributed by atoms with Gasteiger partial charge in [-0.3, -0.25) is 0 Å². The fraction of sp³-hybridized carbons (Fsp3) is 0.659. The Labute approximate surface area is 322 Å². The van der Waals surface area contributed by atoms with E-state index in [4.69, 9.17) is 27.5 Å². The van der Waals surface area contributed by atoms with E-state index in [0.717, 1.165) is 64.7 Å². The molecule has 2 aliphatic heterocycles. The number of epoxide rings is 1. The van der Waals surface area contributed by atoms with E-state index in [0.29, 0.717) is 25.6 Å². The summed E-state index contributed by atoms with van der Waals surface area (Å²) in [6.07, 6.45) is 4.93. The van der Waals surface area contributed by atoms with Gasteiger partial charge in [-0.1, -0.05) is 106 Å². The smallest absolute Gasteiger partial charge is 0.344 e. The van der Waals surface area contributed by atoms with E-state index in [1.165, 1.54) is 0 Å². The summed E-state index contributed by atoms with van der Waals surface area (Å²) in [6, 6.07) is 12.6. The van der Waals surface area contributed by atoms with Crippen molar-refractivity contribution in [3.05, 3.63) is 64.9 Å². The molecule has 53 heavy (non-hydrogen) atoms. The van der Waals surface area contributed by atoms with E-state index < -0.39 is 22.2 Å². The first-order valence-corrected chi connectivity index (χ1v) is 25.9. The van der Waals surface area contributed by atoms with Crippen molar-refractivity contribution in [3.8, 4) is 5.75 Å². The van der Waals surface area contributed by atoms with Crippen molar-refractivity contribution in [1.29, 1.82) is 0 Å². The summed E-state index contributed by atoms with van der Waals surface area (Å²) in [6.45, 7) is 32.2. The Hall–Kier alpha value is -2.44. The van der Waals surface area contributed by atoms with Gasteiger partial charge in [0.15, 0.2) is 16.6 Å². The molecular weight excluding hydrogens is 697 g/mol. The van der Waals surface area contributed by atoms with E-state index in [2.05, 4.69) is 114 Å². The summed E-state index contributed by atoms with van der Waals surface area (Å²) in [7, 11) is -4.38. The highest BCUT2D eigenvalue weighted by Crippen LogP contribution is 2.53. The van der Waals surface area contributed by atoms with Crippen LogP contribution in [0.1, 0.15) is 123 Å². The molecule has 0 bridgehead atoms. The van der Waals surface area contributed by atoms with Gasteiger partial charge in [-0.25, -0.2) is 4.79 Å². The molecule has 1 spiro atoms. The molecule has 2 aliphatic rings. The maximum Gasteiger partial charge on any atom is 0.344 e. The molecule has 0 amide bonds. The number of hydrogen-bond acceptors (Lipinski definition) is 7. The molecule has 2 unspecified atom stereocenters. The van der Waals surface area contributed by atoms with Crippen LogP contribution in [0.2, 0.25) is 36.3 Å². The van der Waals surface area contributed by atoms with Crippen LogP contribution < -0.4 is 4.74 Å². The van der Waals surface area contributed by atoms with Crippen LogP contribution in [0, 0.1) is 5.92 Å². The van der Waals surface area contributed by atoms with Gasteiger partial charge in [0.2, 0.25) is 5.60 Å². The molecule has 0 aliphatic carbocycles. The number of carbonyl (C=O) groups excluding carboxylic acids is 1. The van der Waals surface area contributed by atoms with Gasteiger partial charge in [-0.05, 0) is 78.6 Å². The predicted octanol–water partition coefficient (Wildman–Crippen LogP) is 11.9. The Bertz CT molecular complexity index is 1720. The molecule has 3 heterocycles. The topological polar surface area (TPSA) is 79.7 Å². The number of carbonyl (C=O) groups is 1. The van der Waals surface area contributed by atoms with Gasteiger partial charge in [0.25, 0.3) is 0 Å². The highest BCUT2D eigenvalue weighted by Gasteiger charge is 2.71. The van der Waals surface area contributed by atoms with Crippen LogP contribution in [-0.2, 0) is 42.8 Å². The van der Waals surface area contributed by atoms with Gasteiger partial charge < -0.3 is 27.5 Å². The number of esters is 1. The van der Waals surface area contributed by atoms with Gasteiger partial charge in [0, 0.05) is 23.3 Å². The third kappa shape index (κ3) is 8.54.